The van der Waals surface area contributed by atoms with Gasteiger partial charge in [0.2, 0.25) is 12.0 Å². The van der Waals surface area contributed by atoms with Crippen LogP contribution in [0.3, 0.4) is 0 Å². The predicted octanol–water partition coefficient (Wildman–Crippen LogP) is 2.43. The highest BCUT2D eigenvalue weighted by molar-refractivity contribution is 6.32. The summed E-state index contributed by atoms with van der Waals surface area (Å²) < 4.78 is 4.76. The molecule has 4 rings (SSSR count). The number of allylic oxidation sites excluding steroid dienone is 1. The number of nitrogens with zero attached hydrogens (tertiary/aromatic N) is 2. The van der Waals surface area contributed by atoms with Gasteiger partial charge >= 0.3 is 5.97 Å². The quantitative estimate of drug-likeness (QED) is 0.604. The van der Waals surface area contributed by atoms with Crippen molar-refractivity contribution >= 4 is 35.3 Å². The van der Waals surface area contributed by atoms with E-state index in [1.807, 2.05) is 30.3 Å². The van der Waals surface area contributed by atoms with Crippen LogP contribution in [0.5, 0.6) is 0 Å². The Hall–Kier alpha value is -3.74. The first-order chi connectivity index (χ1) is 13.6. The van der Waals surface area contributed by atoms with Gasteiger partial charge in [0, 0.05) is 0 Å². The summed E-state index contributed by atoms with van der Waals surface area (Å²) >= 11 is 0. The van der Waals surface area contributed by atoms with Crippen LogP contribution in [0.1, 0.15) is 15.9 Å². The Kier molecular flexibility index (Phi) is 4.49. The predicted molar refractivity (Wildman–Crippen MR) is 102 cm³/mol. The molecule has 0 bridgehead atoms. The first-order valence-electron chi connectivity index (χ1n) is 8.64. The van der Waals surface area contributed by atoms with Crippen molar-refractivity contribution in [3.8, 4) is 0 Å². The van der Waals surface area contributed by atoms with E-state index in [-0.39, 0.29) is 11.3 Å². The average molecular weight is 376 g/mol. The van der Waals surface area contributed by atoms with Crippen molar-refractivity contribution in [2.24, 2.45) is 11.1 Å². The smallest absolute Gasteiger partial charge is 0.339 e. The molecule has 2 heterocycles. The van der Waals surface area contributed by atoms with E-state index in [0.717, 1.165) is 10.5 Å². The first kappa shape index (κ1) is 17.7. The Labute approximate surface area is 160 Å². The van der Waals surface area contributed by atoms with E-state index >= 15 is 0 Å². The molecule has 2 aromatic carbocycles. The van der Waals surface area contributed by atoms with Gasteiger partial charge in [0.1, 0.15) is 5.92 Å². The maximum atomic E-state index is 13.0. The van der Waals surface area contributed by atoms with Gasteiger partial charge in [-0.25, -0.2) is 9.69 Å². The monoisotopic (exact) mass is 376 g/mol. The molecule has 0 aromatic heterocycles. The molecular formula is C21H16N2O5. The second kappa shape index (κ2) is 7.11. The van der Waals surface area contributed by atoms with Gasteiger partial charge in [-0.05, 0) is 23.8 Å². The van der Waals surface area contributed by atoms with Crippen LogP contribution in [0.2, 0.25) is 0 Å². The summed E-state index contributed by atoms with van der Waals surface area (Å²) in [6, 6.07) is 15.8. The number of esters is 1. The van der Waals surface area contributed by atoms with Crippen molar-refractivity contribution in [3.63, 3.8) is 0 Å². The number of fused-ring (bicyclic) bond motifs is 1. The molecule has 2 aromatic rings. The number of hydrogen-bond donors (Lipinski definition) is 0. The van der Waals surface area contributed by atoms with Crippen LogP contribution in [0.15, 0.2) is 65.8 Å². The van der Waals surface area contributed by atoms with Gasteiger partial charge in [-0.15, -0.1) is 0 Å². The van der Waals surface area contributed by atoms with E-state index in [0.29, 0.717) is 5.71 Å². The highest BCUT2D eigenvalue weighted by atomic mass is 16.6. The number of benzene rings is 2. The maximum absolute atomic E-state index is 13.0. The van der Waals surface area contributed by atoms with E-state index in [1.165, 1.54) is 19.2 Å². The summed E-state index contributed by atoms with van der Waals surface area (Å²) in [5.41, 5.74) is 1.60. The Bertz CT molecular complexity index is 1010. The summed E-state index contributed by atoms with van der Waals surface area (Å²) in [6.45, 7) is 0. The van der Waals surface area contributed by atoms with E-state index < -0.39 is 29.8 Å². The lowest BCUT2D eigenvalue weighted by molar-refractivity contribution is -0.126. The van der Waals surface area contributed by atoms with Gasteiger partial charge in [0.25, 0.3) is 5.91 Å². The third kappa shape index (κ3) is 2.87. The van der Waals surface area contributed by atoms with Crippen LogP contribution in [0.4, 0.5) is 5.69 Å². The number of hydrogen-bond acceptors (Lipinski definition) is 6. The fourth-order valence-electron chi connectivity index (χ4n) is 3.28. The highest BCUT2D eigenvalue weighted by Gasteiger charge is 2.55. The van der Waals surface area contributed by atoms with Crippen molar-refractivity contribution in [1.29, 1.82) is 0 Å². The number of para-hydroxylation sites is 1. The van der Waals surface area contributed by atoms with E-state index in [1.54, 1.807) is 24.3 Å². The molecule has 2 amide bonds. The zero-order valence-electron chi connectivity index (χ0n) is 14.9. The molecule has 0 unspecified atom stereocenters. The standard InChI is InChI=1S/C21H16N2O5/c1-27-21(26)14-9-5-6-10-16(14)23-19(24)17-15(22-28-18(17)20(23)25)12-11-13-7-3-2-4-8-13/h2-12,17-18H,1H3/b12-11+/t17-,18+/m0/s1. The lowest BCUT2D eigenvalue weighted by Gasteiger charge is -2.17. The molecule has 2 aliphatic heterocycles. The normalized spacial score (nSPS) is 20.9. The van der Waals surface area contributed by atoms with Crippen LogP contribution >= 0.6 is 0 Å². The molecule has 0 saturated carbocycles. The molecule has 1 saturated heterocycles. The Balaban J connectivity index is 1.65. The summed E-state index contributed by atoms with van der Waals surface area (Å²) in [5, 5.41) is 3.91. The number of carbonyl (C=O) groups excluding carboxylic acids is 3. The van der Waals surface area contributed by atoms with Gasteiger partial charge < -0.3 is 9.57 Å². The van der Waals surface area contributed by atoms with Gasteiger partial charge in [0.15, 0.2) is 0 Å². The van der Waals surface area contributed by atoms with Gasteiger partial charge in [0.05, 0.1) is 24.1 Å². The van der Waals surface area contributed by atoms with Crippen LogP contribution in [-0.4, -0.2) is 36.7 Å². The minimum Gasteiger partial charge on any atom is -0.465 e. The topological polar surface area (TPSA) is 85.3 Å². The molecule has 1 fully saturated rings. The number of anilines is 1. The number of methoxy groups -OCH3 is 1. The van der Waals surface area contributed by atoms with Crippen molar-refractivity contribution in [3.05, 3.63) is 71.8 Å². The number of amides is 2. The fourth-order valence-corrected chi connectivity index (χ4v) is 3.28. The second-order valence-corrected chi connectivity index (χ2v) is 6.28. The first-order valence-corrected chi connectivity index (χ1v) is 8.64. The molecule has 0 spiro atoms. The SMILES string of the molecule is COC(=O)c1ccccc1N1C(=O)[C@H]2C(/C=C/c3ccccc3)=NO[C@H]2C1=O. The lowest BCUT2D eigenvalue weighted by Crippen LogP contribution is -2.34. The van der Waals surface area contributed by atoms with E-state index in [4.69, 9.17) is 9.57 Å². The van der Waals surface area contributed by atoms with Gasteiger partial charge in [-0.2, -0.15) is 0 Å². The zero-order valence-corrected chi connectivity index (χ0v) is 14.9. The molecule has 0 radical (unpaired) electrons. The van der Waals surface area contributed by atoms with Crippen LogP contribution in [-0.2, 0) is 19.2 Å². The van der Waals surface area contributed by atoms with Crippen LogP contribution < -0.4 is 4.90 Å². The van der Waals surface area contributed by atoms with Crippen molar-refractivity contribution < 1.29 is 24.0 Å². The van der Waals surface area contributed by atoms with E-state index in [2.05, 4.69) is 5.16 Å². The third-order valence-electron chi connectivity index (χ3n) is 4.64. The Morgan fingerprint density at radius 2 is 1.75 bits per heavy atom. The summed E-state index contributed by atoms with van der Waals surface area (Å²) in [5.74, 6) is -2.52. The molecule has 28 heavy (non-hydrogen) atoms. The van der Waals surface area contributed by atoms with Crippen LogP contribution in [0.25, 0.3) is 6.08 Å². The van der Waals surface area contributed by atoms with Gasteiger partial charge in [-0.1, -0.05) is 53.7 Å². The molecule has 0 aliphatic carbocycles. The summed E-state index contributed by atoms with van der Waals surface area (Å²) in [7, 11) is 1.24. The third-order valence-corrected chi connectivity index (χ3v) is 4.64. The van der Waals surface area contributed by atoms with Gasteiger partial charge in [-0.3, -0.25) is 9.59 Å². The van der Waals surface area contributed by atoms with Crippen molar-refractivity contribution in [1.82, 2.24) is 0 Å². The number of ether oxygens (including phenoxy) is 1. The van der Waals surface area contributed by atoms with Crippen molar-refractivity contribution in [2.45, 2.75) is 6.10 Å². The molecular weight excluding hydrogens is 360 g/mol. The minimum absolute atomic E-state index is 0.130. The Morgan fingerprint density at radius 3 is 2.50 bits per heavy atom. The number of oxime groups is 1. The zero-order chi connectivity index (χ0) is 19.7. The number of rotatable bonds is 4. The molecule has 7 nitrogen and oxygen atoms in total. The molecule has 7 heteroatoms. The van der Waals surface area contributed by atoms with Crippen molar-refractivity contribution in [2.75, 3.05) is 12.0 Å². The molecule has 140 valence electrons. The largest absolute Gasteiger partial charge is 0.465 e. The molecule has 2 atom stereocenters. The number of imide groups is 1. The van der Waals surface area contributed by atoms with Crippen LogP contribution in [0, 0.1) is 5.92 Å². The molecule has 0 N–H and O–H groups in total. The average Bonchev–Trinajstić information content (AvgIpc) is 3.26. The number of carbonyl (C=O) groups is 3. The lowest BCUT2D eigenvalue weighted by atomic mass is 9.99. The maximum Gasteiger partial charge on any atom is 0.339 e. The fraction of sp³-hybridized carbons (Fsp3) is 0.143. The summed E-state index contributed by atoms with van der Waals surface area (Å²) in [6.07, 6.45) is 2.43. The second-order valence-electron chi connectivity index (χ2n) is 6.28. The summed E-state index contributed by atoms with van der Waals surface area (Å²) in [4.78, 5) is 44.1. The highest BCUT2D eigenvalue weighted by Crippen LogP contribution is 2.35. The van der Waals surface area contributed by atoms with E-state index in [9.17, 15) is 14.4 Å². The molecule has 2 aliphatic rings. The minimum atomic E-state index is -1.03. The Morgan fingerprint density at radius 1 is 1.04 bits per heavy atom.